The van der Waals surface area contributed by atoms with Crippen molar-refractivity contribution >= 4 is 34.2 Å². The summed E-state index contributed by atoms with van der Waals surface area (Å²) < 4.78 is 5.18. The van der Waals surface area contributed by atoms with Crippen LogP contribution in [0.2, 0.25) is 5.15 Å². The average molecular weight is 283 g/mol. The Kier molecular flexibility index (Phi) is 3.73. The number of hydrogen-bond donors (Lipinski definition) is 3. The number of carboxylic acids is 1. The fourth-order valence-corrected chi connectivity index (χ4v) is 1.74. The van der Waals surface area contributed by atoms with Gasteiger partial charge in [-0.2, -0.15) is 0 Å². The summed E-state index contributed by atoms with van der Waals surface area (Å²) in [5, 5.41) is 18.6. The molecule has 0 fully saturated rings. The van der Waals surface area contributed by atoms with E-state index in [1.807, 2.05) is 0 Å². The van der Waals surface area contributed by atoms with Crippen molar-refractivity contribution in [1.82, 2.24) is 4.98 Å². The molecule has 2 rings (SSSR count). The first kappa shape index (κ1) is 13.4. The minimum Gasteiger partial charge on any atom is -0.490 e. The molecule has 1 heterocycles. The van der Waals surface area contributed by atoms with Crippen LogP contribution in [0, 0.1) is 0 Å². The van der Waals surface area contributed by atoms with Gasteiger partial charge in [0.15, 0.2) is 6.10 Å². The summed E-state index contributed by atoms with van der Waals surface area (Å²) in [4.78, 5) is 14.5. The number of fused-ring (bicyclic) bond motifs is 1. The molecule has 1 aromatic heterocycles. The summed E-state index contributed by atoms with van der Waals surface area (Å²) in [5.41, 5.74) is 6.86. The lowest BCUT2D eigenvalue weighted by Crippen LogP contribution is -2.26. The molecule has 0 amide bonds. The molecule has 0 aliphatic carbocycles. The van der Waals surface area contributed by atoms with Gasteiger partial charge in [-0.25, -0.2) is 9.78 Å². The summed E-state index contributed by atoms with van der Waals surface area (Å²) in [6, 6.07) is 6.38. The van der Waals surface area contributed by atoms with Crippen LogP contribution in [0.15, 0.2) is 24.3 Å². The number of aliphatic hydroxyl groups is 1. The fraction of sp³-hybridized carbons (Fsp3) is 0.167. The Morgan fingerprint density at radius 1 is 1.47 bits per heavy atom. The second-order valence-electron chi connectivity index (χ2n) is 3.88. The summed E-state index contributed by atoms with van der Waals surface area (Å²) in [6.07, 6.45) is -1.57. The molecule has 2 aromatic rings. The highest BCUT2D eigenvalue weighted by atomic mass is 35.5. The number of halogens is 1. The Morgan fingerprint density at radius 3 is 2.89 bits per heavy atom. The van der Waals surface area contributed by atoms with Crippen LogP contribution in [0.3, 0.4) is 0 Å². The van der Waals surface area contributed by atoms with Gasteiger partial charge >= 0.3 is 5.97 Å². The molecule has 4 N–H and O–H groups in total. The molecule has 1 aromatic carbocycles. The van der Waals surface area contributed by atoms with Crippen molar-refractivity contribution in [2.45, 2.75) is 6.10 Å². The average Bonchev–Trinajstić information content (AvgIpc) is 2.35. The quantitative estimate of drug-likeness (QED) is 0.730. The third-order valence-electron chi connectivity index (χ3n) is 2.47. The zero-order valence-corrected chi connectivity index (χ0v) is 10.5. The van der Waals surface area contributed by atoms with E-state index in [1.54, 1.807) is 18.2 Å². The van der Waals surface area contributed by atoms with Crippen LogP contribution in [0.25, 0.3) is 10.9 Å². The lowest BCUT2D eigenvalue weighted by molar-refractivity contribution is -0.148. The van der Waals surface area contributed by atoms with Crippen LogP contribution in [0.1, 0.15) is 0 Å². The Hall–Kier alpha value is -2.05. The maximum Gasteiger partial charge on any atom is 0.336 e. The maximum atomic E-state index is 10.4. The number of hydrogen-bond acceptors (Lipinski definition) is 5. The van der Waals surface area contributed by atoms with Crippen molar-refractivity contribution < 1.29 is 19.7 Å². The highest BCUT2D eigenvalue weighted by molar-refractivity contribution is 6.30. The molecule has 6 nitrogen and oxygen atoms in total. The highest BCUT2D eigenvalue weighted by Crippen LogP contribution is 2.26. The van der Waals surface area contributed by atoms with Crippen LogP contribution < -0.4 is 10.5 Å². The lowest BCUT2D eigenvalue weighted by Gasteiger charge is -2.10. The predicted octanol–water partition coefficient (Wildman–Crippen LogP) is 1.29. The normalized spacial score (nSPS) is 12.3. The number of nitrogens with two attached hydrogens (primary N) is 1. The molecule has 7 heteroatoms. The Morgan fingerprint density at radius 2 is 2.21 bits per heavy atom. The monoisotopic (exact) mass is 282 g/mol. The molecule has 0 aliphatic rings. The SMILES string of the molecule is Nc1cc(Cl)nc2ccc(OCC(O)C(=O)O)cc12. The summed E-state index contributed by atoms with van der Waals surface area (Å²) in [6.45, 7) is -0.345. The molecule has 0 radical (unpaired) electrons. The molecule has 0 aliphatic heterocycles. The number of benzene rings is 1. The van der Waals surface area contributed by atoms with Gasteiger partial charge in [-0.05, 0) is 24.3 Å². The minimum absolute atomic E-state index is 0.292. The number of aliphatic carboxylic acids is 1. The van der Waals surface area contributed by atoms with Crippen molar-refractivity contribution in [1.29, 1.82) is 0 Å². The lowest BCUT2D eigenvalue weighted by atomic mass is 10.2. The molecule has 0 saturated heterocycles. The molecular weight excluding hydrogens is 272 g/mol. The van der Waals surface area contributed by atoms with Gasteiger partial charge in [0.05, 0.1) is 5.52 Å². The van der Waals surface area contributed by atoms with E-state index in [0.717, 1.165) is 0 Å². The smallest absolute Gasteiger partial charge is 0.336 e. The summed E-state index contributed by atoms with van der Waals surface area (Å²) in [7, 11) is 0. The zero-order valence-electron chi connectivity index (χ0n) is 9.71. The van der Waals surface area contributed by atoms with Crippen molar-refractivity contribution in [3.05, 3.63) is 29.4 Å². The number of carboxylic acid groups (broad SMARTS) is 1. The minimum atomic E-state index is -1.57. The summed E-state index contributed by atoms with van der Waals surface area (Å²) in [5.74, 6) is -0.947. The summed E-state index contributed by atoms with van der Waals surface area (Å²) >= 11 is 5.78. The van der Waals surface area contributed by atoms with Gasteiger partial charge in [0.1, 0.15) is 17.5 Å². The molecule has 0 saturated carbocycles. The molecule has 1 unspecified atom stereocenters. The number of ether oxygens (including phenoxy) is 1. The van der Waals surface area contributed by atoms with Crippen LogP contribution >= 0.6 is 11.6 Å². The van der Waals surface area contributed by atoms with E-state index in [1.165, 1.54) is 6.07 Å². The molecular formula is C12H11ClN2O4. The molecule has 1 atom stereocenters. The first-order valence-corrected chi connectivity index (χ1v) is 5.74. The second kappa shape index (κ2) is 5.29. The van der Waals surface area contributed by atoms with Crippen LogP contribution in [0.5, 0.6) is 5.75 Å². The first-order valence-electron chi connectivity index (χ1n) is 5.37. The number of nitrogen functional groups attached to an aromatic ring is 1. The van der Waals surface area contributed by atoms with Crippen LogP contribution in [-0.4, -0.2) is 33.9 Å². The Balaban J connectivity index is 2.24. The van der Waals surface area contributed by atoms with E-state index in [0.29, 0.717) is 27.5 Å². The van der Waals surface area contributed by atoms with Gasteiger partial charge in [0.2, 0.25) is 0 Å². The van der Waals surface area contributed by atoms with Crippen molar-refractivity contribution in [2.24, 2.45) is 0 Å². The van der Waals surface area contributed by atoms with E-state index >= 15 is 0 Å². The first-order chi connectivity index (χ1) is 8.97. The molecule has 100 valence electrons. The van der Waals surface area contributed by atoms with E-state index in [4.69, 9.17) is 32.3 Å². The van der Waals surface area contributed by atoms with E-state index < -0.39 is 12.1 Å². The number of rotatable bonds is 4. The largest absolute Gasteiger partial charge is 0.490 e. The van der Waals surface area contributed by atoms with E-state index in [2.05, 4.69) is 4.98 Å². The zero-order chi connectivity index (χ0) is 14.0. The molecule has 0 spiro atoms. The molecule has 0 bridgehead atoms. The standard InChI is InChI=1S/C12H11ClN2O4/c13-11-4-8(14)7-3-6(1-2-9(7)15-11)19-5-10(16)12(17)18/h1-4,10,16H,5H2,(H2,14,15)(H,17,18). The Labute approximate surface area is 113 Å². The Bertz CT molecular complexity index is 632. The van der Waals surface area contributed by atoms with Crippen molar-refractivity contribution in [2.75, 3.05) is 12.3 Å². The second-order valence-corrected chi connectivity index (χ2v) is 4.27. The highest BCUT2D eigenvalue weighted by Gasteiger charge is 2.14. The van der Waals surface area contributed by atoms with Gasteiger partial charge in [-0.15, -0.1) is 0 Å². The predicted molar refractivity (Wildman–Crippen MR) is 70.3 cm³/mol. The number of aliphatic hydroxyl groups excluding tert-OH is 1. The van der Waals surface area contributed by atoms with E-state index in [-0.39, 0.29) is 6.61 Å². The topological polar surface area (TPSA) is 106 Å². The maximum absolute atomic E-state index is 10.4. The van der Waals surface area contributed by atoms with Crippen LogP contribution in [0.4, 0.5) is 5.69 Å². The van der Waals surface area contributed by atoms with Gasteiger partial charge in [0, 0.05) is 11.1 Å². The molecule has 19 heavy (non-hydrogen) atoms. The van der Waals surface area contributed by atoms with Gasteiger partial charge in [-0.1, -0.05) is 11.6 Å². The van der Waals surface area contributed by atoms with Gasteiger partial charge < -0.3 is 20.7 Å². The van der Waals surface area contributed by atoms with Gasteiger partial charge in [-0.3, -0.25) is 0 Å². The number of carbonyl (C=O) groups is 1. The third kappa shape index (κ3) is 3.04. The third-order valence-corrected chi connectivity index (χ3v) is 2.67. The fourth-order valence-electron chi connectivity index (χ4n) is 1.53. The number of nitrogens with zero attached hydrogens (tertiary/aromatic N) is 1. The van der Waals surface area contributed by atoms with Crippen molar-refractivity contribution in [3.8, 4) is 5.75 Å². The van der Waals surface area contributed by atoms with Crippen molar-refractivity contribution in [3.63, 3.8) is 0 Å². The number of pyridine rings is 1. The van der Waals surface area contributed by atoms with Crippen LogP contribution in [-0.2, 0) is 4.79 Å². The number of aromatic nitrogens is 1. The van der Waals surface area contributed by atoms with Gasteiger partial charge in [0.25, 0.3) is 0 Å². The number of anilines is 1. The van der Waals surface area contributed by atoms with E-state index in [9.17, 15) is 4.79 Å².